The van der Waals surface area contributed by atoms with E-state index in [1.54, 1.807) is 0 Å². The van der Waals surface area contributed by atoms with Crippen molar-refractivity contribution in [2.45, 2.75) is 301 Å². The minimum absolute atomic E-state index is 0.452. The van der Waals surface area contributed by atoms with E-state index in [1.807, 2.05) is 0 Å². The second kappa shape index (κ2) is 38.9. The minimum atomic E-state index is -3.51. The maximum atomic E-state index is 13.9. The van der Waals surface area contributed by atoms with Gasteiger partial charge in [-0.1, -0.05) is 0 Å². The number of carboxylic acids is 2. The van der Waals surface area contributed by atoms with Gasteiger partial charge in [0.2, 0.25) is 0 Å². The zero-order valence-electron chi connectivity index (χ0n) is 58.2. The first kappa shape index (κ1) is 92.0. The Labute approximate surface area is 625 Å². The van der Waals surface area contributed by atoms with E-state index in [0.717, 1.165) is 0 Å². The summed E-state index contributed by atoms with van der Waals surface area (Å²) >= 11 is 0. The van der Waals surface area contributed by atoms with Gasteiger partial charge in [-0.05, 0) is 6.42 Å². The lowest BCUT2D eigenvalue weighted by Gasteiger charge is -2.52. The largest absolute Gasteiger partial charge is 0.477 e. The van der Waals surface area contributed by atoms with Crippen LogP contribution in [-0.2, 0) is 90.1 Å². The van der Waals surface area contributed by atoms with Gasteiger partial charge in [-0.2, -0.15) is 0 Å². The Morgan fingerprint density at radius 3 is 1.26 bits per heavy atom. The first-order chi connectivity index (χ1) is 52.3. The Morgan fingerprint density at radius 1 is 0.369 bits per heavy atom. The molecule has 9 aliphatic heterocycles. The van der Waals surface area contributed by atoms with Gasteiger partial charge in [0.05, 0.1) is 89.9 Å². The van der Waals surface area contributed by atoms with Crippen molar-refractivity contribution in [3.05, 3.63) is 0 Å². The summed E-state index contributed by atoms with van der Waals surface area (Å²) < 4.78 is 97.6. The van der Waals surface area contributed by atoms with Crippen molar-refractivity contribution in [2.24, 2.45) is 11.5 Å². The molecule has 0 aromatic heterocycles. The van der Waals surface area contributed by atoms with Crippen LogP contribution in [0.15, 0.2) is 0 Å². The van der Waals surface area contributed by atoms with Crippen molar-refractivity contribution in [1.29, 1.82) is 0 Å². The number of hydrogen-bond donors (Lipinski definition) is 32. The van der Waals surface area contributed by atoms with Gasteiger partial charge in [0, 0.05) is 12.8 Å². The predicted molar refractivity (Wildman–Crippen MR) is 334 cm³/mol. The summed E-state index contributed by atoms with van der Waals surface area (Å²) in [5.41, 5.74) is 11.9. The molecule has 0 aromatic carbocycles. The van der Waals surface area contributed by atoms with Gasteiger partial charge in [0.15, 0.2) is 44.0 Å². The molecule has 46 atom stereocenters. The number of ether oxygens (including phenoxy) is 17. The molecule has 111 heavy (non-hydrogen) atoms. The van der Waals surface area contributed by atoms with E-state index in [2.05, 4.69) is 0 Å². The van der Waals surface area contributed by atoms with Gasteiger partial charge >= 0.3 is 11.9 Å². The van der Waals surface area contributed by atoms with Crippen LogP contribution in [0.5, 0.6) is 0 Å². The quantitative estimate of drug-likeness (QED) is 0.0306. The maximum Gasteiger partial charge on any atom is 0.364 e. The SMILES string of the molecule is N[C@@H]1[C@@H](O)[C@H](O)[C@@H](CO[C@H]2O[C@H](CO[C@]3(C(=O)O)C[C@@H](O[C@]4(C(=O)O)C[C@@H](O)[C@@H](O)[C@@H]([C@H](O)CO)O4)[C@@H](O[C@H]4O[C@H]([C@@H](O)CO)[C@@H](O)[C@H](O[C@H]5O[C@H]([C@@H](O)CO)[C@@H](O)[C@H](O[C@H]6O[C@H](CO[C@H]7O[C@H](CO)[C@H](O)[C@H](O)[C@H]7O)[C@@H](O)[C@H](O[C@H]7O[C@H](CO)[C@@H](O)[C@H](O)[C@H]7O)[C@H]6O)[C@@H]5O)[C@@H]4O)[C@@H]([C@H](O)CO)O3)[C@@H](O)C[C@H]2N)O[C@@H]1O. The number of carboxylic acid groups (broad SMARTS) is 2. The van der Waals surface area contributed by atoms with Crippen LogP contribution < -0.4 is 11.5 Å². The van der Waals surface area contributed by atoms with E-state index in [0.29, 0.717) is 0 Å². The molecule has 0 spiro atoms. The highest BCUT2D eigenvalue weighted by Crippen LogP contribution is 2.45. The van der Waals surface area contributed by atoms with Gasteiger partial charge < -0.3 is 245 Å². The molecule has 34 N–H and O–H groups in total. The van der Waals surface area contributed by atoms with Gasteiger partial charge in [0.25, 0.3) is 11.6 Å². The first-order valence-corrected chi connectivity index (χ1v) is 35.0. The molecule has 0 saturated carbocycles. The van der Waals surface area contributed by atoms with E-state index in [4.69, 9.17) is 92.0 Å². The maximum absolute atomic E-state index is 13.9. The summed E-state index contributed by atoms with van der Waals surface area (Å²) in [5, 5.41) is 329. The monoisotopic (exact) mass is 1630 g/mol. The van der Waals surface area contributed by atoms with E-state index >= 15 is 0 Å². The third-order valence-electron chi connectivity index (χ3n) is 20.6. The van der Waals surface area contributed by atoms with Crippen molar-refractivity contribution in [2.75, 3.05) is 59.5 Å². The highest BCUT2D eigenvalue weighted by molar-refractivity contribution is 5.77. The molecule has 0 aromatic rings. The molecule has 0 bridgehead atoms. The summed E-state index contributed by atoms with van der Waals surface area (Å²) in [6, 6.07) is -2.71. The first-order valence-electron chi connectivity index (χ1n) is 35.0. The van der Waals surface area contributed by atoms with Crippen LogP contribution in [0.1, 0.15) is 19.3 Å². The number of hydrogen-bond acceptors (Lipinski definition) is 49. The molecule has 51 nitrogen and oxygen atoms in total. The molecule has 0 aliphatic carbocycles. The van der Waals surface area contributed by atoms with Crippen molar-refractivity contribution >= 4 is 11.9 Å². The molecule has 646 valence electrons. The zero-order chi connectivity index (χ0) is 82.1. The van der Waals surface area contributed by atoms with E-state index in [-0.39, 0.29) is 0 Å². The fourth-order valence-electron chi connectivity index (χ4n) is 14.1. The predicted octanol–water partition coefficient (Wildman–Crippen LogP) is -21.3. The highest BCUT2D eigenvalue weighted by Gasteiger charge is 2.65. The van der Waals surface area contributed by atoms with E-state index < -0.39 is 372 Å². The smallest absolute Gasteiger partial charge is 0.364 e. The van der Waals surface area contributed by atoms with Crippen molar-refractivity contribution in [1.82, 2.24) is 0 Å². The number of aliphatic hydroxyl groups excluding tert-OH is 28. The van der Waals surface area contributed by atoms with Crippen LogP contribution in [0.3, 0.4) is 0 Å². The number of aliphatic hydroxyl groups is 28. The molecular formula is C60H102N2O49. The van der Waals surface area contributed by atoms with Gasteiger partial charge in [-0.15, -0.1) is 0 Å². The molecule has 9 fully saturated rings. The highest BCUT2D eigenvalue weighted by atomic mass is 16.8. The van der Waals surface area contributed by atoms with Crippen molar-refractivity contribution < 1.29 is 243 Å². The molecule has 9 aliphatic rings. The minimum Gasteiger partial charge on any atom is -0.477 e. The molecule has 0 unspecified atom stereocenters. The number of nitrogens with two attached hydrogens (primary N) is 2. The standard InChI is InChI=1S/C60H102N2O49/c61-13-1-14(69)23(101-51(13)95-10-24-30(78)32(80)26(62)50(90)98-24)12-97-59(57(91)92)3-20(109-60(58(93)94)2-15(70)27(75)44(110-60)18(73)6-65)46(45(111-59)19(74)7-66)105-55-40(88)49(38(86)42(103-55)16(71)4-63)108-56-41(89)48(37(85)43(104-56)17(72)5-64)107-54-39(87)47(106-53-36(84)34(82)29(77)22(9-68)100-53)31(79)25(102-54)11-96-52-35(83)33(81)28(76)21(8-67)99-52/h13-56,63-90H,1-12,61-62H2,(H,91,92)(H,93,94)/t13-,14+,15-,16+,17+,18-,19-,20-,21-,22-,23-,24-,25-,26-,27-,28+,29-,30-,31-,32-,33+,34+,35-,36-,37-,38-,39-,40+,41+,42-,43-,44-,45-,46-,47+,48+,49+,50+,51+,52+,53-,54-,55-,56-,59-,60-/m1/s1. The Balaban J connectivity index is 1.04. The third kappa shape index (κ3) is 19.5. The van der Waals surface area contributed by atoms with E-state index in [1.165, 1.54) is 0 Å². The Kier molecular flexibility index (Phi) is 32.2. The molecule has 0 radical (unpaired) electrons. The fourth-order valence-corrected chi connectivity index (χ4v) is 14.1. The van der Waals surface area contributed by atoms with E-state index in [9.17, 15) is 163 Å². The van der Waals surface area contributed by atoms with Gasteiger partial charge in [-0.25, -0.2) is 9.59 Å². The molecule has 0 amide bonds. The lowest BCUT2D eigenvalue weighted by Crippen LogP contribution is -2.70. The average molecular weight is 1640 g/mol. The second-order valence-corrected chi connectivity index (χ2v) is 28.2. The normalized spacial score (nSPS) is 50.0. The zero-order valence-corrected chi connectivity index (χ0v) is 58.2. The van der Waals surface area contributed by atoms with Crippen molar-refractivity contribution in [3.63, 3.8) is 0 Å². The van der Waals surface area contributed by atoms with Crippen LogP contribution in [0, 0.1) is 0 Å². The lowest BCUT2D eigenvalue weighted by molar-refractivity contribution is -0.410. The molecule has 51 heteroatoms. The summed E-state index contributed by atoms with van der Waals surface area (Å²) in [5.74, 6) is -11.5. The van der Waals surface area contributed by atoms with Crippen LogP contribution in [0.2, 0.25) is 0 Å². The average Bonchev–Trinajstić information content (AvgIpc) is 0.742. The van der Waals surface area contributed by atoms with Gasteiger partial charge in [-0.3, -0.25) is 0 Å². The number of rotatable bonds is 31. The summed E-state index contributed by atoms with van der Waals surface area (Å²) in [6.07, 6.45) is -96.9. The Hall–Kier alpha value is -2.94. The molecule has 9 rings (SSSR count). The summed E-state index contributed by atoms with van der Waals surface area (Å²) in [7, 11) is 0. The molecular weight excluding hydrogens is 1530 g/mol. The molecule has 9 saturated heterocycles. The number of carbonyl (C=O) groups is 2. The topological polar surface area (TPSA) is 850 Å². The van der Waals surface area contributed by atoms with Gasteiger partial charge in [0.1, 0.15) is 195 Å². The molecule has 9 heterocycles. The van der Waals surface area contributed by atoms with Crippen LogP contribution in [-0.4, -0.2) is 506 Å². The van der Waals surface area contributed by atoms with Crippen LogP contribution in [0.4, 0.5) is 0 Å². The second-order valence-electron chi connectivity index (χ2n) is 28.2. The Bertz CT molecular complexity index is 2900. The van der Waals surface area contributed by atoms with Crippen molar-refractivity contribution in [3.8, 4) is 0 Å². The van der Waals surface area contributed by atoms with Crippen LogP contribution in [0.25, 0.3) is 0 Å². The Morgan fingerprint density at radius 2 is 0.766 bits per heavy atom. The summed E-state index contributed by atoms with van der Waals surface area (Å²) in [6.45, 7) is -10.5. The third-order valence-corrected chi connectivity index (χ3v) is 20.6. The lowest BCUT2D eigenvalue weighted by atomic mass is 9.89. The fraction of sp³-hybridized carbons (Fsp3) is 0.967. The van der Waals surface area contributed by atoms with Crippen LogP contribution >= 0.6 is 0 Å². The summed E-state index contributed by atoms with van der Waals surface area (Å²) in [4.78, 5) is 27.5. The number of aliphatic carboxylic acids is 2.